The summed E-state index contributed by atoms with van der Waals surface area (Å²) in [5.74, 6) is 4.01. The van der Waals surface area contributed by atoms with E-state index in [1.165, 1.54) is 7.11 Å². The molecule has 0 amide bonds. The van der Waals surface area contributed by atoms with Gasteiger partial charge in [-0.25, -0.2) is 0 Å². The van der Waals surface area contributed by atoms with Crippen LogP contribution in [0.2, 0.25) is 0 Å². The first-order valence-corrected chi connectivity index (χ1v) is 6.66. The van der Waals surface area contributed by atoms with Gasteiger partial charge in [-0.1, -0.05) is 0 Å². The normalized spacial score (nSPS) is 68.9. The predicted octanol–water partition coefficient (Wildman–Crippen LogP) is 0.270. The summed E-state index contributed by atoms with van der Waals surface area (Å²) in [7, 11) is 1.53. The zero-order chi connectivity index (χ0) is 11.2. The van der Waals surface area contributed by atoms with Crippen LogP contribution < -0.4 is 0 Å². The molecule has 1 heterocycles. The summed E-state index contributed by atoms with van der Waals surface area (Å²) in [6.45, 7) is 1.48. The Morgan fingerprint density at radius 3 is 2.29 bits per heavy atom. The van der Waals surface area contributed by atoms with Crippen molar-refractivity contribution in [2.24, 2.45) is 46.8 Å². The second-order valence-electron chi connectivity index (χ2n) is 6.63. The zero-order valence-corrected chi connectivity index (χ0v) is 9.59. The van der Waals surface area contributed by atoms with E-state index in [1.54, 1.807) is 0 Å². The molecule has 90 valence electrons. The summed E-state index contributed by atoms with van der Waals surface area (Å²) < 4.78 is 17.0. The minimum atomic E-state index is -0.269. The molecule has 6 aliphatic carbocycles. The molecule has 1 saturated heterocycles. The van der Waals surface area contributed by atoms with Gasteiger partial charge in [0.05, 0.1) is 25.7 Å². The van der Waals surface area contributed by atoms with Crippen molar-refractivity contribution in [2.45, 2.75) is 5.79 Å². The van der Waals surface area contributed by atoms with Gasteiger partial charge in [-0.2, -0.15) is 0 Å². The van der Waals surface area contributed by atoms with Gasteiger partial charge in [0.25, 0.3) is 0 Å². The van der Waals surface area contributed by atoms with E-state index in [0.29, 0.717) is 41.4 Å². The van der Waals surface area contributed by atoms with Crippen molar-refractivity contribution in [3.05, 3.63) is 0 Å². The van der Waals surface area contributed by atoms with E-state index in [1.807, 2.05) is 0 Å². The van der Waals surface area contributed by atoms with Crippen LogP contribution in [-0.4, -0.2) is 32.1 Å². The molecule has 1 aliphatic heterocycles. The van der Waals surface area contributed by atoms with Gasteiger partial charge < -0.3 is 14.2 Å². The van der Waals surface area contributed by atoms with Crippen molar-refractivity contribution in [2.75, 3.05) is 20.3 Å². The molecule has 17 heavy (non-hydrogen) atoms. The molecule has 4 heteroatoms. The van der Waals surface area contributed by atoms with Gasteiger partial charge in [0.2, 0.25) is 0 Å². The van der Waals surface area contributed by atoms with E-state index < -0.39 is 0 Å². The second kappa shape index (κ2) is 1.95. The lowest BCUT2D eigenvalue weighted by molar-refractivity contribution is -0.430. The molecule has 1 spiro atoms. The monoisotopic (exact) mass is 234 g/mol. The second-order valence-corrected chi connectivity index (χ2v) is 6.63. The SMILES string of the molecule is COC(=O)C12C3[C@@H]4C5[C@@H]3[C@@H]1C([C@H]42)C51OCCO1. The Balaban J connectivity index is 1.50. The van der Waals surface area contributed by atoms with E-state index in [2.05, 4.69) is 0 Å². The molecule has 2 bridgehead atoms. The molecule has 0 radical (unpaired) electrons. The van der Waals surface area contributed by atoms with Crippen molar-refractivity contribution in [3.63, 3.8) is 0 Å². The fraction of sp³-hybridized carbons (Fsp3) is 0.923. The van der Waals surface area contributed by atoms with Gasteiger partial charge in [-0.05, 0) is 29.6 Å². The van der Waals surface area contributed by atoms with Crippen LogP contribution in [0.3, 0.4) is 0 Å². The quantitative estimate of drug-likeness (QED) is 0.611. The van der Waals surface area contributed by atoms with Crippen LogP contribution in [-0.2, 0) is 19.0 Å². The largest absolute Gasteiger partial charge is 0.469 e. The van der Waals surface area contributed by atoms with Crippen LogP contribution in [0.25, 0.3) is 0 Å². The topological polar surface area (TPSA) is 44.8 Å². The maximum atomic E-state index is 12.0. The van der Waals surface area contributed by atoms with E-state index in [4.69, 9.17) is 14.2 Å². The lowest BCUT2D eigenvalue weighted by atomic mass is 9.13. The molecule has 0 aromatic carbocycles. The van der Waals surface area contributed by atoms with Gasteiger partial charge in [-0.3, -0.25) is 4.79 Å². The van der Waals surface area contributed by atoms with Crippen molar-refractivity contribution in [1.82, 2.24) is 0 Å². The third kappa shape index (κ3) is 0.449. The highest BCUT2D eigenvalue weighted by Crippen LogP contribution is 3.02. The molecule has 7 rings (SSSR count). The van der Waals surface area contributed by atoms with Crippen molar-refractivity contribution >= 4 is 5.97 Å². The van der Waals surface area contributed by atoms with Gasteiger partial charge >= 0.3 is 5.97 Å². The van der Waals surface area contributed by atoms with Crippen molar-refractivity contribution < 1.29 is 19.0 Å². The number of esters is 1. The Morgan fingerprint density at radius 2 is 1.71 bits per heavy atom. The number of carbonyl (C=O) groups is 1. The predicted molar refractivity (Wildman–Crippen MR) is 53.5 cm³/mol. The Morgan fingerprint density at radius 1 is 1.06 bits per heavy atom. The average molecular weight is 234 g/mol. The Kier molecular flexibility index (Phi) is 0.975. The minimum Gasteiger partial charge on any atom is -0.469 e. The first-order chi connectivity index (χ1) is 8.30. The molecule has 0 aromatic heterocycles. The number of hydrogen-bond donors (Lipinski definition) is 0. The minimum absolute atomic E-state index is 0.0507. The Bertz CT molecular complexity index is 460. The van der Waals surface area contributed by atoms with Crippen LogP contribution in [0.1, 0.15) is 0 Å². The molecule has 6 saturated carbocycles. The molecule has 0 N–H and O–H groups in total. The van der Waals surface area contributed by atoms with Gasteiger partial charge in [-0.15, -0.1) is 0 Å². The third-order valence-corrected chi connectivity index (χ3v) is 7.12. The standard InChI is InChI=1S/C13H14O4/c1-15-11(14)12-6-4-7-5(6)9(12)10(8(4)12)13(7)16-2-3-17-13/h4-10H,2-3H2,1H3/t4-,5-,6?,7?,8-,9+,10?,12?/m1/s1. The third-order valence-electron chi connectivity index (χ3n) is 7.12. The van der Waals surface area contributed by atoms with Crippen LogP contribution >= 0.6 is 0 Å². The molecule has 4 unspecified atom stereocenters. The molecule has 0 aromatic rings. The lowest BCUT2D eigenvalue weighted by Gasteiger charge is -2.88. The van der Waals surface area contributed by atoms with E-state index >= 15 is 0 Å². The summed E-state index contributed by atoms with van der Waals surface area (Å²) >= 11 is 0. The smallest absolute Gasteiger partial charge is 0.312 e. The highest BCUT2D eigenvalue weighted by molar-refractivity contribution is 5.86. The number of rotatable bonds is 1. The van der Waals surface area contributed by atoms with Crippen LogP contribution in [0.5, 0.6) is 0 Å². The number of ether oxygens (including phenoxy) is 3. The summed E-state index contributed by atoms with van der Waals surface area (Å²) in [6.07, 6.45) is 0. The molecule has 7 fully saturated rings. The molecular weight excluding hydrogens is 220 g/mol. The fourth-order valence-corrected chi connectivity index (χ4v) is 7.26. The Hall–Kier alpha value is -0.610. The number of carbonyl (C=O) groups excluding carboxylic acids is 1. The maximum absolute atomic E-state index is 12.0. The van der Waals surface area contributed by atoms with Crippen LogP contribution in [0.15, 0.2) is 0 Å². The van der Waals surface area contributed by atoms with Crippen molar-refractivity contribution in [1.29, 1.82) is 0 Å². The first-order valence-electron chi connectivity index (χ1n) is 6.66. The van der Waals surface area contributed by atoms with Crippen LogP contribution in [0, 0.1) is 46.8 Å². The maximum Gasteiger partial charge on any atom is 0.312 e. The molecule has 7 aliphatic rings. The Labute approximate surface area is 98.6 Å². The summed E-state index contributed by atoms with van der Waals surface area (Å²) in [5.41, 5.74) is -0.0793. The highest BCUT2D eigenvalue weighted by atomic mass is 16.7. The number of hydrogen-bond acceptors (Lipinski definition) is 4. The van der Waals surface area contributed by atoms with Gasteiger partial charge in [0, 0.05) is 11.8 Å². The van der Waals surface area contributed by atoms with E-state index in [0.717, 1.165) is 13.2 Å². The highest BCUT2D eigenvalue weighted by Gasteiger charge is 3.06. The van der Waals surface area contributed by atoms with Gasteiger partial charge in [0.15, 0.2) is 5.79 Å². The van der Waals surface area contributed by atoms with E-state index in [9.17, 15) is 4.79 Å². The average Bonchev–Trinajstić information content (AvgIpc) is 2.85. The molecule has 8 atom stereocenters. The first kappa shape index (κ1) is 8.48. The number of methoxy groups -OCH3 is 1. The van der Waals surface area contributed by atoms with Crippen LogP contribution in [0.4, 0.5) is 0 Å². The van der Waals surface area contributed by atoms with Crippen molar-refractivity contribution in [3.8, 4) is 0 Å². The van der Waals surface area contributed by atoms with Gasteiger partial charge in [0.1, 0.15) is 0 Å². The lowest BCUT2D eigenvalue weighted by Crippen LogP contribution is -2.90. The summed E-state index contributed by atoms with van der Waals surface area (Å²) in [5, 5.41) is 0. The molecule has 4 nitrogen and oxygen atoms in total. The summed E-state index contributed by atoms with van der Waals surface area (Å²) in [4.78, 5) is 12.0. The molecular formula is C13H14O4. The van der Waals surface area contributed by atoms with E-state index in [-0.39, 0.29) is 17.2 Å². The zero-order valence-electron chi connectivity index (χ0n) is 9.59. The fourth-order valence-electron chi connectivity index (χ4n) is 7.26. The summed E-state index contributed by atoms with van der Waals surface area (Å²) in [6, 6.07) is 0.